The van der Waals surface area contributed by atoms with E-state index < -0.39 is 48.5 Å². The third-order valence-corrected chi connectivity index (χ3v) is 2.98. The number of hydrogen-bond donors (Lipinski definition) is 1. The van der Waals surface area contributed by atoms with E-state index in [-0.39, 0.29) is 6.54 Å². The number of halogens is 5. The Balaban J connectivity index is 2.75. The van der Waals surface area contributed by atoms with Gasteiger partial charge < -0.3 is 10.1 Å². The zero-order valence-electron chi connectivity index (χ0n) is 11.5. The number of ether oxygens (including phenoxy) is 1. The molecule has 20 heavy (non-hydrogen) atoms. The van der Waals surface area contributed by atoms with Crippen molar-refractivity contribution in [3.8, 4) is 0 Å². The summed E-state index contributed by atoms with van der Waals surface area (Å²) in [6.07, 6.45) is -6.16. The number of rotatable bonds is 2. The molecule has 3 nitrogen and oxygen atoms in total. The van der Waals surface area contributed by atoms with Crippen molar-refractivity contribution < 1.29 is 31.5 Å². The second-order valence-corrected chi connectivity index (χ2v) is 5.94. The van der Waals surface area contributed by atoms with E-state index in [1.165, 1.54) is 0 Å². The molecule has 8 heteroatoms. The average Bonchev–Trinajstić information content (AvgIpc) is 2.25. The van der Waals surface area contributed by atoms with Crippen molar-refractivity contribution in [3.05, 3.63) is 0 Å². The predicted molar refractivity (Wildman–Crippen MR) is 61.3 cm³/mol. The van der Waals surface area contributed by atoms with Crippen molar-refractivity contribution in [1.82, 2.24) is 5.32 Å². The third kappa shape index (κ3) is 4.04. The molecule has 1 fully saturated rings. The van der Waals surface area contributed by atoms with Gasteiger partial charge in [0.25, 0.3) is 0 Å². The summed E-state index contributed by atoms with van der Waals surface area (Å²) < 4.78 is 68.5. The van der Waals surface area contributed by atoms with E-state index in [4.69, 9.17) is 4.74 Å². The van der Waals surface area contributed by atoms with E-state index in [1.54, 1.807) is 20.8 Å². The molecule has 1 rings (SSSR count). The molecule has 2 unspecified atom stereocenters. The van der Waals surface area contributed by atoms with Crippen molar-refractivity contribution in [3.63, 3.8) is 0 Å². The highest BCUT2D eigenvalue weighted by molar-refractivity contribution is 5.73. The molecule has 1 heterocycles. The van der Waals surface area contributed by atoms with Crippen LogP contribution >= 0.6 is 0 Å². The van der Waals surface area contributed by atoms with Crippen LogP contribution in [0.3, 0.4) is 0 Å². The Labute approximate surface area is 113 Å². The SMILES string of the molecule is CC(C)(C)OC(=O)C1CNCC(C(F)(F)C(F)(F)F)C1. The highest BCUT2D eigenvalue weighted by Crippen LogP contribution is 2.44. The van der Waals surface area contributed by atoms with Crippen LogP contribution in [0.15, 0.2) is 0 Å². The normalized spacial score (nSPS) is 25.4. The van der Waals surface area contributed by atoms with Gasteiger partial charge in [-0.2, -0.15) is 22.0 Å². The van der Waals surface area contributed by atoms with E-state index in [2.05, 4.69) is 5.32 Å². The molecule has 118 valence electrons. The van der Waals surface area contributed by atoms with Gasteiger partial charge in [-0.1, -0.05) is 0 Å². The van der Waals surface area contributed by atoms with E-state index >= 15 is 0 Å². The second-order valence-electron chi connectivity index (χ2n) is 5.94. The molecule has 0 aromatic rings. The first-order valence-corrected chi connectivity index (χ1v) is 6.22. The number of piperidine rings is 1. The Morgan fingerprint density at radius 2 is 1.65 bits per heavy atom. The molecule has 0 aliphatic carbocycles. The van der Waals surface area contributed by atoms with Crippen LogP contribution in [0.2, 0.25) is 0 Å². The quantitative estimate of drug-likeness (QED) is 0.630. The van der Waals surface area contributed by atoms with Gasteiger partial charge >= 0.3 is 18.1 Å². The van der Waals surface area contributed by atoms with Crippen LogP contribution in [0, 0.1) is 11.8 Å². The predicted octanol–water partition coefficient (Wildman–Crippen LogP) is 2.75. The number of hydrogen-bond acceptors (Lipinski definition) is 3. The van der Waals surface area contributed by atoms with E-state index in [1.807, 2.05) is 0 Å². The topological polar surface area (TPSA) is 38.3 Å². The van der Waals surface area contributed by atoms with Crippen molar-refractivity contribution >= 4 is 5.97 Å². The summed E-state index contributed by atoms with van der Waals surface area (Å²) in [4.78, 5) is 11.7. The highest BCUT2D eigenvalue weighted by Gasteiger charge is 2.62. The van der Waals surface area contributed by atoms with Gasteiger partial charge in [0, 0.05) is 19.0 Å². The van der Waals surface area contributed by atoms with Gasteiger partial charge in [-0.05, 0) is 27.2 Å². The van der Waals surface area contributed by atoms with E-state index in [9.17, 15) is 26.7 Å². The van der Waals surface area contributed by atoms with Gasteiger partial charge in [-0.3, -0.25) is 4.79 Å². The summed E-state index contributed by atoms with van der Waals surface area (Å²) in [7, 11) is 0. The fourth-order valence-corrected chi connectivity index (χ4v) is 2.01. The van der Waals surface area contributed by atoms with Crippen LogP contribution in [0.25, 0.3) is 0 Å². The number of carbonyl (C=O) groups is 1. The van der Waals surface area contributed by atoms with Crippen molar-refractivity contribution in [2.75, 3.05) is 13.1 Å². The zero-order valence-corrected chi connectivity index (χ0v) is 11.5. The smallest absolute Gasteiger partial charge is 0.453 e. The minimum Gasteiger partial charge on any atom is -0.460 e. The molecule has 1 saturated heterocycles. The second kappa shape index (κ2) is 5.46. The highest BCUT2D eigenvalue weighted by atomic mass is 19.4. The first-order valence-electron chi connectivity index (χ1n) is 6.22. The van der Waals surface area contributed by atoms with Crippen LogP contribution in [-0.4, -0.2) is 36.8 Å². The fraction of sp³-hybridized carbons (Fsp3) is 0.917. The lowest BCUT2D eigenvalue weighted by Crippen LogP contribution is -2.53. The molecule has 0 aromatic carbocycles. The Morgan fingerprint density at radius 3 is 2.10 bits per heavy atom. The summed E-state index contributed by atoms with van der Waals surface area (Å²) in [6, 6.07) is 0. The number of nitrogens with one attached hydrogen (secondary N) is 1. The molecule has 0 amide bonds. The van der Waals surface area contributed by atoms with Crippen molar-refractivity contribution in [2.45, 2.75) is 44.9 Å². The maximum Gasteiger partial charge on any atom is 0.453 e. The lowest BCUT2D eigenvalue weighted by Gasteiger charge is -2.35. The molecule has 1 aliphatic rings. The van der Waals surface area contributed by atoms with Gasteiger partial charge in [0.2, 0.25) is 0 Å². The maximum atomic E-state index is 13.3. The lowest BCUT2D eigenvalue weighted by atomic mass is 9.85. The van der Waals surface area contributed by atoms with Gasteiger partial charge in [0.05, 0.1) is 5.92 Å². The average molecular weight is 303 g/mol. The lowest BCUT2D eigenvalue weighted by molar-refractivity contribution is -0.305. The largest absolute Gasteiger partial charge is 0.460 e. The van der Waals surface area contributed by atoms with Gasteiger partial charge in [0.15, 0.2) is 0 Å². The Morgan fingerprint density at radius 1 is 1.10 bits per heavy atom. The monoisotopic (exact) mass is 303 g/mol. The van der Waals surface area contributed by atoms with Crippen LogP contribution in [-0.2, 0) is 9.53 Å². The van der Waals surface area contributed by atoms with Gasteiger partial charge in [0.1, 0.15) is 5.60 Å². The van der Waals surface area contributed by atoms with Crippen LogP contribution in [0.1, 0.15) is 27.2 Å². The summed E-state index contributed by atoms with van der Waals surface area (Å²) in [5.41, 5.74) is -0.809. The van der Waals surface area contributed by atoms with E-state index in [0.29, 0.717) is 0 Å². The molecule has 0 saturated carbocycles. The summed E-state index contributed by atoms with van der Waals surface area (Å²) in [5, 5.41) is 2.45. The Bertz CT molecular complexity index is 362. The maximum absolute atomic E-state index is 13.3. The molecule has 2 atom stereocenters. The zero-order chi connectivity index (χ0) is 15.8. The van der Waals surface area contributed by atoms with Crippen molar-refractivity contribution in [1.29, 1.82) is 0 Å². The number of esters is 1. The molecule has 0 spiro atoms. The van der Waals surface area contributed by atoms with E-state index in [0.717, 1.165) is 0 Å². The Hall–Kier alpha value is -0.920. The van der Waals surface area contributed by atoms with Crippen LogP contribution in [0.5, 0.6) is 0 Å². The first kappa shape index (κ1) is 17.1. The molecule has 1 N–H and O–H groups in total. The third-order valence-electron chi connectivity index (χ3n) is 2.98. The molecular formula is C12H18F5NO2. The van der Waals surface area contributed by atoms with Crippen LogP contribution < -0.4 is 5.32 Å². The molecule has 0 aromatic heterocycles. The summed E-state index contributed by atoms with van der Waals surface area (Å²) in [6.45, 7) is 4.36. The van der Waals surface area contributed by atoms with Gasteiger partial charge in [-0.15, -0.1) is 0 Å². The summed E-state index contributed by atoms with van der Waals surface area (Å²) >= 11 is 0. The first-order chi connectivity index (χ1) is 8.84. The number of alkyl halides is 5. The number of carbonyl (C=O) groups excluding carboxylic acids is 1. The summed E-state index contributed by atoms with van der Waals surface area (Å²) in [5.74, 6) is -8.54. The van der Waals surface area contributed by atoms with Crippen LogP contribution in [0.4, 0.5) is 22.0 Å². The standard InChI is InChI=1S/C12H18F5NO2/c1-10(2,3)20-9(19)7-4-8(6-18-5-7)11(13,14)12(15,16)17/h7-8,18H,4-6H2,1-3H3. The molecule has 0 bridgehead atoms. The minimum atomic E-state index is -5.62. The Kier molecular flexibility index (Phi) is 4.68. The molecule has 0 radical (unpaired) electrons. The van der Waals surface area contributed by atoms with Crippen molar-refractivity contribution in [2.24, 2.45) is 11.8 Å². The fourth-order valence-electron chi connectivity index (χ4n) is 2.01. The molecular weight excluding hydrogens is 285 g/mol. The minimum absolute atomic E-state index is 0.0410. The molecule has 1 aliphatic heterocycles. The van der Waals surface area contributed by atoms with Gasteiger partial charge in [-0.25, -0.2) is 0 Å².